The third-order valence-electron chi connectivity index (χ3n) is 3.48. The zero-order valence-corrected chi connectivity index (χ0v) is 13.3. The Hall–Kier alpha value is -3.35. The molecule has 128 valence electrons. The maximum absolute atomic E-state index is 12.8. The summed E-state index contributed by atoms with van der Waals surface area (Å²) in [5, 5.41) is 0.738. The molecule has 1 aromatic heterocycles. The fraction of sp³-hybridized carbons (Fsp3) is 0.111. The number of halogens is 1. The molecule has 2 N–H and O–H groups in total. The molecule has 0 radical (unpaired) electrons. The molecule has 3 aromatic rings. The fourth-order valence-corrected chi connectivity index (χ4v) is 2.25. The Kier molecular flexibility index (Phi) is 4.65. The number of benzene rings is 2. The molecule has 0 atom stereocenters. The normalized spacial score (nSPS) is 10.5. The number of fused-ring (bicyclic) bond motifs is 1. The molecule has 0 aliphatic heterocycles. The molecular formula is C18H15FN2O4. The summed E-state index contributed by atoms with van der Waals surface area (Å²) < 4.78 is 23.3. The van der Waals surface area contributed by atoms with Crippen molar-refractivity contribution in [3.63, 3.8) is 0 Å². The Balaban J connectivity index is 1.59. The van der Waals surface area contributed by atoms with E-state index in [4.69, 9.17) is 9.15 Å². The second kappa shape index (κ2) is 7.04. The maximum Gasteiger partial charge on any atom is 0.336 e. The third kappa shape index (κ3) is 4.14. The lowest BCUT2D eigenvalue weighted by molar-refractivity contribution is -0.122. The predicted molar refractivity (Wildman–Crippen MR) is 90.9 cm³/mol. The zero-order chi connectivity index (χ0) is 17.8. The van der Waals surface area contributed by atoms with E-state index in [9.17, 15) is 14.0 Å². The number of rotatable bonds is 5. The summed E-state index contributed by atoms with van der Waals surface area (Å²) in [6.07, 6.45) is 0. The summed E-state index contributed by atoms with van der Waals surface area (Å²) in [7, 11) is 0. The number of aryl methyl sites for hydroxylation is 1. The molecule has 2 aromatic carbocycles. The minimum absolute atomic E-state index is 0.213. The Morgan fingerprint density at radius 2 is 1.92 bits per heavy atom. The van der Waals surface area contributed by atoms with E-state index in [1.807, 2.05) is 0 Å². The van der Waals surface area contributed by atoms with Crippen LogP contribution in [0.25, 0.3) is 11.0 Å². The number of hydrogen-bond acceptors (Lipinski definition) is 5. The maximum atomic E-state index is 12.8. The quantitative estimate of drug-likeness (QED) is 0.550. The van der Waals surface area contributed by atoms with Gasteiger partial charge in [0.25, 0.3) is 5.91 Å². The Morgan fingerprint density at radius 3 is 2.68 bits per heavy atom. The summed E-state index contributed by atoms with van der Waals surface area (Å²) in [5.41, 5.74) is 6.46. The fourth-order valence-electron chi connectivity index (χ4n) is 2.25. The van der Waals surface area contributed by atoms with Gasteiger partial charge in [-0.2, -0.15) is 0 Å². The van der Waals surface area contributed by atoms with E-state index >= 15 is 0 Å². The standard InChI is InChI=1S/C18H15FN2O4/c1-11-8-18(23)25-16-7-6-14(9-15(11)16)24-10-17(22)21-20-13-4-2-12(19)3-5-13/h2-9,20H,10H2,1H3,(H,21,22). The zero-order valence-electron chi connectivity index (χ0n) is 13.3. The number of carbonyl (C=O) groups excluding carboxylic acids is 1. The van der Waals surface area contributed by atoms with Crippen LogP contribution < -0.4 is 21.2 Å². The first-order valence-electron chi connectivity index (χ1n) is 7.49. The second-order valence-corrected chi connectivity index (χ2v) is 5.38. The van der Waals surface area contributed by atoms with Crippen LogP contribution in [0.3, 0.4) is 0 Å². The Morgan fingerprint density at radius 1 is 1.16 bits per heavy atom. The van der Waals surface area contributed by atoms with Crippen molar-refractivity contribution in [3.8, 4) is 5.75 Å². The number of hydrazine groups is 1. The molecule has 1 heterocycles. The van der Waals surface area contributed by atoms with Gasteiger partial charge in [0.15, 0.2) is 6.61 Å². The summed E-state index contributed by atoms with van der Waals surface area (Å²) in [6, 6.07) is 11.9. The molecule has 0 unspecified atom stereocenters. The van der Waals surface area contributed by atoms with Crippen molar-refractivity contribution in [3.05, 3.63) is 70.3 Å². The van der Waals surface area contributed by atoms with Crippen molar-refractivity contribution < 1.29 is 18.3 Å². The van der Waals surface area contributed by atoms with Crippen LogP contribution >= 0.6 is 0 Å². The van der Waals surface area contributed by atoms with Gasteiger partial charge in [-0.3, -0.25) is 15.6 Å². The van der Waals surface area contributed by atoms with E-state index in [0.29, 0.717) is 17.0 Å². The van der Waals surface area contributed by atoms with Gasteiger partial charge in [-0.25, -0.2) is 9.18 Å². The minimum atomic E-state index is -0.412. The number of anilines is 1. The van der Waals surface area contributed by atoms with Crippen molar-refractivity contribution in [2.24, 2.45) is 0 Å². The van der Waals surface area contributed by atoms with Crippen LogP contribution in [0.1, 0.15) is 5.56 Å². The summed E-state index contributed by atoms with van der Waals surface area (Å²) in [6.45, 7) is 1.58. The molecule has 3 rings (SSSR count). The number of amides is 1. The molecule has 25 heavy (non-hydrogen) atoms. The highest BCUT2D eigenvalue weighted by atomic mass is 19.1. The van der Waals surface area contributed by atoms with Crippen LogP contribution in [0.15, 0.2) is 57.7 Å². The number of hydrogen-bond donors (Lipinski definition) is 2. The van der Waals surface area contributed by atoms with E-state index < -0.39 is 11.5 Å². The van der Waals surface area contributed by atoms with Gasteiger partial charge in [0, 0.05) is 11.5 Å². The number of carbonyl (C=O) groups is 1. The average molecular weight is 342 g/mol. The summed E-state index contributed by atoms with van der Waals surface area (Å²) in [5.74, 6) is -0.287. The van der Waals surface area contributed by atoms with Gasteiger partial charge in [-0.15, -0.1) is 0 Å². The second-order valence-electron chi connectivity index (χ2n) is 5.38. The highest BCUT2D eigenvalue weighted by molar-refractivity contribution is 5.82. The van der Waals surface area contributed by atoms with Crippen molar-refractivity contribution in [2.45, 2.75) is 6.92 Å². The van der Waals surface area contributed by atoms with E-state index in [1.54, 1.807) is 25.1 Å². The van der Waals surface area contributed by atoms with Crippen LogP contribution in [-0.4, -0.2) is 12.5 Å². The van der Waals surface area contributed by atoms with E-state index in [1.165, 1.54) is 30.3 Å². The lowest BCUT2D eigenvalue weighted by Crippen LogP contribution is -2.33. The molecule has 0 saturated carbocycles. The van der Waals surface area contributed by atoms with Crippen LogP contribution in [0.4, 0.5) is 10.1 Å². The predicted octanol–water partition coefficient (Wildman–Crippen LogP) is 2.76. The van der Waals surface area contributed by atoms with E-state index in [2.05, 4.69) is 10.9 Å². The van der Waals surface area contributed by atoms with Gasteiger partial charge in [0.05, 0.1) is 5.69 Å². The molecule has 0 fully saturated rings. The number of ether oxygens (including phenoxy) is 1. The van der Waals surface area contributed by atoms with Crippen LogP contribution in [0.5, 0.6) is 5.75 Å². The van der Waals surface area contributed by atoms with Crippen molar-refractivity contribution in [1.82, 2.24) is 5.43 Å². The third-order valence-corrected chi connectivity index (χ3v) is 3.48. The van der Waals surface area contributed by atoms with Gasteiger partial charge in [-0.05, 0) is 55.0 Å². The first kappa shape index (κ1) is 16.5. The smallest absolute Gasteiger partial charge is 0.336 e. The van der Waals surface area contributed by atoms with Gasteiger partial charge in [0.1, 0.15) is 17.1 Å². The molecule has 0 saturated heterocycles. The Labute approximate surface area is 142 Å². The average Bonchev–Trinajstić information content (AvgIpc) is 2.59. The van der Waals surface area contributed by atoms with E-state index in [-0.39, 0.29) is 12.4 Å². The Bertz CT molecular complexity index is 967. The van der Waals surface area contributed by atoms with Crippen molar-refractivity contribution in [1.29, 1.82) is 0 Å². The monoisotopic (exact) mass is 342 g/mol. The van der Waals surface area contributed by atoms with Crippen LogP contribution in [0.2, 0.25) is 0 Å². The summed E-state index contributed by atoms with van der Waals surface area (Å²) >= 11 is 0. The van der Waals surface area contributed by atoms with Crippen molar-refractivity contribution in [2.75, 3.05) is 12.0 Å². The largest absolute Gasteiger partial charge is 0.484 e. The summed E-state index contributed by atoms with van der Waals surface area (Å²) in [4.78, 5) is 23.1. The van der Waals surface area contributed by atoms with Crippen molar-refractivity contribution >= 4 is 22.6 Å². The van der Waals surface area contributed by atoms with Gasteiger partial charge in [-0.1, -0.05) is 0 Å². The first-order valence-corrected chi connectivity index (χ1v) is 7.49. The number of nitrogens with one attached hydrogen (secondary N) is 2. The molecule has 6 nitrogen and oxygen atoms in total. The lowest BCUT2D eigenvalue weighted by atomic mass is 10.1. The van der Waals surface area contributed by atoms with Crippen LogP contribution in [0, 0.1) is 12.7 Å². The molecule has 7 heteroatoms. The molecular weight excluding hydrogens is 327 g/mol. The van der Waals surface area contributed by atoms with E-state index in [0.717, 1.165) is 10.9 Å². The first-order chi connectivity index (χ1) is 12.0. The highest BCUT2D eigenvalue weighted by Gasteiger charge is 2.06. The molecule has 0 bridgehead atoms. The lowest BCUT2D eigenvalue weighted by Gasteiger charge is -2.10. The van der Waals surface area contributed by atoms with Crippen LogP contribution in [-0.2, 0) is 4.79 Å². The van der Waals surface area contributed by atoms with Gasteiger partial charge in [0.2, 0.25) is 0 Å². The molecule has 1 amide bonds. The molecule has 0 aliphatic rings. The molecule has 0 spiro atoms. The molecule has 0 aliphatic carbocycles. The van der Waals surface area contributed by atoms with Gasteiger partial charge >= 0.3 is 5.63 Å². The topological polar surface area (TPSA) is 80.6 Å². The minimum Gasteiger partial charge on any atom is -0.484 e. The van der Waals surface area contributed by atoms with Gasteiger partial charge < -0.3 is 9.15 Å². The SMILES string of the molecule is Cc1cc(=O)oc2ccc(OCC(=O)NNc3ccc(F)cc3)cc12. The highest BCUT2D eigenvalue weighted by Crippen LogP contribution is 2.22.